The van der Waals surface area contributed by atoms with Gasteiger partial charge in [0.25, 0.3) is 0 Å². The molecule has 0 atom stereocenters. The van der Waals surface area contributed by atoms with Gasteiger partial charge in [0, 0.05) is 14.0 Å². The van der Waals surface area contributed by atoms with Crippen molar-refractivity contribution in [3.8, 4) is 5.75 Å². The predicted molar refractivity (Wildman–Crippen MR) is 54.1 cm³/mol. The quantitative estimate of drug-likeness (QED) is 0.720. The second-order valence-electron chi connectivity index (χ2n) is 3.03. The number of carbonyl (C=O) groups is 1. The zero-order valence-corrected chi connectivity index (χ0v) is 8.49. The summed E-state index contributed by atoms with van der Waals surface area (Å²) in [7, 11) is 1.75. The van der Waals surface area contributed by atoms with Crippen LogP contribution >= 0.6 is 0 Å². The summed E-state index contributed by atoms with van der Waals surface area (Å²) in [5.41, 5.74) is 0. The molecule has 0 N–H and O–H groups in total. The molecule has 0 aliphatic rings. The van der Waals surface area contributed by atoms with Gasteiger partial charge in [-0.05, 0) is 18.2 Å². The molecule has 0 fully saturated rings. The van der Waals surface area contributed by atoms with Crippen molar-refractivity contribution >= 4 is 5.91 Å². The van der Waals surface area contributed by atoms with Crippen LogP contribution in [-0.4, -0.2) is 31.0 Å². The standard InChI is InChI=1S/C11H14NO2/c1-10(13)12(2)8-9-14-11-6-4-3-5-7-11/h3-4,6-7H,8-9H2,1-2H3. The Morgan fingerprint density at radius 1 is 1.64 bits per heavy atom. The minimum atomic E-state index is 0.0493. The molecule has 1 radical (unpaired) electrons. The van der Waals surface area contributed by atoms with E-state index in [1.54, 1.807) is 18.0 Å². The first kappa shape index (κ1) is 10.6. The SMILES string of the molecule is CC(=O)N(C)CCOc1c[c]ccc1. The van der Waals surface area contributed by atoms with Crippen LogP contribution in [0, 0.1) is 6.07 Å². The van der Waals surface area contributed by atoms with Crippen LogP contribution in [0.5, 0.6) is 5.75 Å². The van der Waals surface area contributed by atoms with Gasteiger partial charge < -0.3 is 9.64 Å². The van der Waals surface area contributed by atoms with Crippen LogP contribution in [0.4, 0.5) is 0 Å². The smallest absolute Gasteiger partial charge is 0.219 e. The van der Waals surface area contributed by atoms with E-state index in [1.807, 2.05) is 18.2 Å². The lowest BCUT2D eigenvalue weighted by molar-refractivity contribution is -0.127. The number of nitrogens with zero attached hydrogens (tertiary/aromatic N) is 1. The Balaban J connectivity index is 2.26. The summed E-state index contributed by atoms with van der Waals surface area (Å²) in [6.07, 6.45) is 0. The van der Waals surface area contributed by atoms with Gasteiger partial charge in [-0.25, -0.2) is 0 Å². The zero-order chi connectivity index (χ0) is 10.4. The van der Waals surface area contributed by atoms with Crippen molar-refractivity contribution in [2.45, 2.75) is 6.92 Å². The van der Waals surface area contributed by atoms with E-state index in [-0.39, 0.29) is 5.91 Å². The number of amides is 1. The summed E-state index contributed by atoms with van der Waals surface area (Å²) in [6, 6.07) is 10.2. The van der Waals surface area contributed by atoms with Gasteiger partial charge in [-0.1, -0.05) is 12.1 Å². The number of benzene rings is 1. The molecule has 0 spiro atoms. The van der Waals surface area contributed by atoms with Crippen molar-refractivity contribution < 1.29 is 9.53 Å². The van der Waals surface area contributed by atoms with E-state index in [4.69, 9.17) is 4.74 Å². The fraction of sp³-hybridized carbons (Fsp3) is 0.364. The highest BCUT2D eigenvalue weighted by atomic mass is 16.5. The Kier molecular flexibility index (Phi) is 3.98. The lowest BCUT2D eigenvalue weighted by Crippen LogP contribution is -2.28. The largest absolute Gasteiger partial charge is 0.492 e. The third-order valence-electron chi connectivity index (χ3n) is 1.91. The van der Waals surface area contributed by atoms with Gasteiger partial charge in [-0.3, -0.25) is 4.79 Å². The van der Waals surface area contributed by atoms with E-state index in [0.717, 1.165) is 5.75 Å². The van der Waals surface area contributed by atoms with Gasteiger partial charge in [0.05, 0.1) is 6.54 Å². The lowest BCUT2D eigenvalue weighted by atomic mass is 10.3. The van der Waals surface area contributed by atoms with E-state index in [9.17, 15) is 4.79 Å². The average Bonchev–Trinajstić information content (AvgIpc) is 2.19. The van der Waals surface area contributed by atoms with Crippen LogP contribution in [0.1, 0.15) is 6.92 Å². The first-order valence-electron chi connectivity index (χ1n) is 4.51. The molecular weight excluding hydrogens is 178 g/mol. The van der Waals surface area contributed by atoms with Crippen LogP contribution in [0.3, 0.4) is 0 Å². The highest BCUT2D eigenvalue weighted by Gasteiger charge is 2.00. The third kappa shape index (κ3) is 3.47. The first-order valence-corrected chi connectivity index (χ1v) is 4.51. The van der Waals surface area contributed by atoms with E-state index in [2.05, 4.69) is 6.07 Å². The topological polar surface area (TPSA) is 29.5 Å². The Morgan fingerprint density at radius 3 is 3.00 bits per heavy atom. The van der Waals surface area contributed by atoms with Crippen LogP contribution in [-0.2, 0) is 4.79 Å². The minimum Gasteiger partial charge on any atom is -0.492 e. The molecule has 0 heterocycles. The van der Waals surface area contributed by atoms with Crippen molar-refractivity contribution in [3.63, 3.8) is 0 Å². The summed E-state index contributed by atoms with van der Waals surface area (Å²) in [5, 5.41) is 0. The fourth-order valence-corrected chi connectivity index (χ4v) is 0.925. The van der Waals surface area contributed by atoms with Crippen LogP contribution < -0.4 is 4.74 Å². The molecule has 1 amide bonds. The second-order valence-corrected chi connectivity index (χ2v) is 3.03. The maximum Gasteiger partial charge on any atom is 0.219 e. The maximum absolute atomic E-state index is 10.9. The number of hydrogen-bond acceptors (Lipinski definition) is 2. The fourth-order valence-electron chi connectivity index (χ4n) is 0.925. The molecule has 0 unspecified atom stereocenters. The van der Waals surface area contributed by atoms with Crippen LogP contribution in [0.15, 0.2) is 24.3 Å². The summed E-state index contributed by atoms with van der Waals surface area (Å²) in [6.45, 7) is 2.65. The molecule has 75 valence electrons. The van der Waals surface area contributed by atoms with Gasteiger partial charge in [0.2, 0.25) is 5.91 Å². The van der Waals surface area contributed by atoms with E-state index >= 15 is 0 Å². The minimum absolute atomic E-state index is 0.0493. The van der Waals surface area contributed by atoms with Crippen molar-refractivity contribution in [3.05, 3.63) is 30.3 Å². The van der Waals surface area contributed by atoms with E-state index in [1.165, 1.54) is 6.92 Å². The van der Waals surface area contributed by atoms with Crippen LogP contribution in [0.25, 0.3) is 0 Å². The van der Waals surface area contributed by atoms with E-state index < -0.39 is 0 Å². The third-order valence-corrected chi connectivity index (χ3v) is 1.91. The molecule has 1 aromatic carbocycles. The average molecular weight is 192 g/mol. The van der Waals surface area contributed by atoms with Gasteiger partial charge >= 0.3 is 0 Å². The first-order chi connectivity index (χ1) is 6.70. The molecule has 3 heteroatoms. The number of rotatable bonds is 4. The summed E-state index contributed by atoms with van der Waals surface area (Å²) >= 11 is 0. The van der Waals surface area contributed by atoms with Crippen molar-refractivity contribution in [1.29, 1.82) is 0 Å². The Morgan fingerprint density at radius 2 is 2.43 bits per heavy atom. The molecule has 0 aromatic heterocycles. The number of carbonyl (C=O) groups excluding carboxylic acids is 1. The van der Waals surface area contributed by atoms with Crippen molar-refractivity contribution in [2.75, 3.05) is 20.2 Å². The van der Waals surface area contributed by atoms with Gasteiger partial charge in [0.15, 0.2) is 0 Å². The van der Waals surface area contributed by atoms with Crippen molar-refractivity contribution in [1.82, 2.24) is 4.90 Å². The molecule has 1 rings (SSSR count). The summed E-state index contributed by atoms with van der Waals surface area (Å²) in [4.78, 5) is 12.5. The number of likely N-dealkylation sites (N-methyl/N-ethyl adjacent to an activating group) is 1. The highest BCUT2D eigenvalue weighted by Crippen LogP contribution is 2.07. The van der Waals surface area contributed by atoms with E-state index in [0.29, 0.717) is 13.2 Å². The zero-order valence-electron chi connectivity index (χ0n) is 8.49. The molecule has 0 aliphatic carbocycles. The second kappa shape index (κ2) is 5.27. The highest BCUT2D eigenvalue weighted by molar-refractivity contribution is 5.72. The lowest BCUT2D eigenvalue weighted by Gasteiger charge is -2.14. The van der Waals surface area contributed by atoms with Gasteiger partial charge in [-0.15, -0.1) is 0 Å². The Bertz CT molecular complexity index is 285. The molecular formula is C11H14NO2. The van der Waals surface area contributed by atoms with Crippen molar-refractivity contribution in [2.24, 2.45) is 0 Å². The Hall–Kier alpha value is -1.51. The van der Waals surface area contributed by atoms with Gasteiger partial charge in [0.1, 0.15) is 12.4 Å². The molecule has 3 nitrogen and oxygen atoms in total. The normalized spacial score (nSPS) is 9.57. The van der Waals surface area contributed by atoms with Gasteiger partial charge in [-0.2, -0.15) is 0 Å². The molecule has 0 bridgehead atoms. The molecule has 0 saturated carbocycles. The molecule has 14 heavy (non-hydrogen) atoms. The molecule has 0 saturated heterocycles. The molecule has 0 aliphatic heterocycles. The monoisotopic (exact) mass is 192 g/mol. The Labute approximate surface area is 84.3 Å². The summed E-state index contributed by atoms with van der Waals surface area (Å²) in [5.74, 6) is 0.831. The van der Waals surface area contributed by atoms with Crippen LogP contribution in [0.2, 0.25) is 0 Å². The molecule has 1 aromatic rings. The predicted octanol–water partition coefficient (Wildman–Crippen LogP) is 1.34. The number of ether oxygens (including phenoxy) is 1. The maximum atomic E-state index is 10.9. The summed E-state index contributed by atoms with van der Waals surface area (Å²) < 4.78 is 5.40. The number of hydrogen-bond donors (Lipinski definition) is 0.